The van der Waals surface area contributed by atoms with Gasteiger partial charge >= 0.3 is 0 Å². The smallest absolute Gasteiger partial charge is 0 e. The first-order valence-electron chi connectivity index (χ1n) is 0.200. The molecule has 0 aromatic rings. The molecule has 0 aromatic heterocycles. The van der Waals surface area contributed by atoms with Crippen LogP contribution >= 0.6 is 0 Å². The fraction of sp³-hybridized carbons (Fsp3) is 0. The van der Waals surface area contributed by atoms with Crippen LogP contribution in [-0.2, 0) is 0 Å². The highest BCUT2D eigenvalue weighted by Gasteiger charge is 0.577. The highest BCUT2D eigenvalue weighted by molar-refractivity contribution is 2.30. The number of rotatable bonds is 0. The molecule has 0 saturated carbocycles. The maximum absolute atomic E-state index is 6.00. The molecule has 0 aromatic carbocycles. The van der Waals surface area contributed by atoms with Gasteiger partial charge in [-0.1, -0.05) is 0 Å². The third-order valence-corrected chi connectivity index (χ3v) is 0. The van der Waals surface area contributed by atoms with Crippen LogP contribution in [-0.4, -0.2) is 0 Å². The summed E-state index contributed by atoms with van der Waals surface area (Å²) in [6.45, 7) is 0. The molecule has 0 atom stereocenters. The van der Waals surface area contributed by atoms with E-state index in [1.807, 2.05) is 0 Å². The molecule has 3 N–H and O–H groups in total. The van der Waals surface area contributed by atoms with E-state index in [4.69, 9.17) is 10.8 Å². The minimum absolute atomic E-state index is 0. The Labute approximate surface area is 23.0 Å². The Bertz CT molecular complexity index is 8.00. The molecule has 0 heterocycles. The van der Waals surface area contributed by atoms with Gasteiger partial charge in [0, 0.05) is 10.8 Å². The molecule has 0 radical (unpaired) electrons. The Hall–Kier alpha value is -0.690. The van der Waals surface area contributed by atoms with E-state index in [2.05, 4.69) is 0 Å². The Kier molecular flexibility index (Phi) is 383. The number of hydrogen-bond acceptors (Lipinski definition) is 3. The summed E-state index contributed by atoms with van der Waals surface area (Å²) >= 11 is 0. The van der Waals surface area contributed by atoms with Crippen molar-refractivity contribution in [3.63, 3.8) is 0 Å². The molecule has 0 spiro atoms. The van der Waals surface area contributed by atoms with Crippen LogP contribution in [0.3, 0.4) is 0 Å². The molecule has 4 heavy (non-hydrogen) atoms. The lowest BCUT2D eigenvalue weighted by Crippen LogP contribution is -0.562. The average molecular weight is 65.1 g/mol. The molecular weight excluding hydrogens is 61.0 g/mol. The van der Waals surface area contributed by atoms with E-state index in [-0.39, 0.29) is 10.9 Å². The van der Waals surface area contributed by atoms with Crippen LogP contribution in [0.1, 0.15) is 0 Å². The minimum atomic E-state index is 0. The van der Waals surface area contributed by atoms with Crippen molar-refractivity contribution in [3.8, 4) is 0 Å². The van der Waals surface area contributed by atoms with Gasteiger partial charge in [0.15, 0.2) is 0 Å². The quantitative estimate of drug-likeness (QED) is 0.413. The number of nitrogens with zero attached hydrogens (tertiary/aromatic N) is 2. The molecule has 0 bridgehead atoms. The summed E-state index contributed by atoms with van der Waals surface area (Å²) in [6, 6.07) is 0. The standard InChI is InChI=1S/FH.N2.H3N/c;1-2;/h1H;;1H3. The van der Waals surface area contributed by atoms with Crippen molar-refractivity contribution in [2.45, 2.75) is 0 Å². The first-order chi connectivity index (χ1) is 1.00. The van der Waals surface area contributed by atoms with Crippen molar-refractivity contribution < 1.29 is 4.70 Å². The van der Waals surface area contributed by atoms with E-state index >= 15 is 0 Å². The lowest BCUT2D eigenvalue weighted by molar-refractivity contribution is 1.11. The topological polar surface area (TPSA) is 82.6 Å². The molecule has 3 nitrogen and oxygen atoms in total. The molecule has 26 valence electrons. The number of halogens is 1. The summed E-state index contributed by atoms with van der Waals surface area (Å²) in [5.74, 6) is 0. The number of hydrogen-bond donors (Lipinski definition) is 1. The van der Waals surface area contributed by atoms with Crippen molar-refractivity contribution in [1.29, 1.82) is 10.8 Å². The lowest BCUT2D eigenvalue weighted by atomic mass is 13.4. The molecule has 0 aliphatic carbocycles. The van der Waals surface area contributed by atoms with Crippen molar-refractivity contribution in [3.05, 3.63) is 0 Å². The zero-order chi connectivity index (χ0) is 2.00. The van der Waals surface area contributed by atoms with Crippen molar-refractivity contribution >= 4 is 0 Å². The van der Waals surface area contributed by atoms with Gasteiger partial charge in [0.2, 0.25) is 0 Å². The maximum Gasteiger partial charge on any atom is 0 e. The average Bonchev–Trinajstić information content (AvgIpc) is 1.00. The first-order valence-corrected chi connectivity index (χ1v) is 0.200. The van der Waals surface area contributed by atoms with E-state index in [9.17, 15) is 0 Å². The van der Waals surface area contributed by atoms with Gasteiger partial charge in [-0.15, -0.1) is 0 Å². The van der Waals surface area contributed by atoms with Gasteiger partial charge in [-0.3, -0.25) is 4.70 Å². The molecule has 0 aliphatic rings. The third kappa shape index (κ3) is 0.264. The predicted molar refractivity (Wildman–Crippen MR) is 11.0 cm³/mol. The van der Waals surface area contributed by atoms with Crippen LogP contribution < -0.4 is 6.15 Å². The summed E-state index contributed by atoms with van der Waals surface area (Å²) < 4.78 is 0. The maximum atomic E-state index is 6.00. The molecular formula is H4FN3. The van der Waals surface area contributed by atoms with Gasteiger partial charge < -0.3 is 6.15 Å². The van der Waals surface area contributed by atoms with Gasteiger partial charge in [-0.2, -0.15) is 0 Å². The molecule has 0 amide bonds. The van der Waals surface area contributed by atoms with Crippen molar-refractivity contribution in [1.82, 2.24) is 6.15 Å². The van der Waals surface area contributed by atoms with Crippen LogP contribution in [0.15, 0.2) is 0 Å². The van der Waals surface area contributed by atoms with E-state index < -0.39 is 0 Å². The molecule has 0 saturated heterocycles. The lowest BCUT2D eigenvalue weighted by Gasteiger charge is -0.577. The van der Waals surface area contributed by atoms with Crippen molar-refractivity contribution in [2.75, 3.05) is 0 Å². The summed E-state index contributed by atoms with van der Waals surface area (Å²) in [4.78, 5) is 0. The second-order valence-corrected chi connectivity index (χ2v) is 0. The molecule has 0 aliphatic heterocycles. The zero-order valence-electron chi connectivity index (χ0n) is 2.01. The summed E-state index contributed by atoms with van der Waals surface area (Å²) in [5, 5.41) is 12.0. The fourth-order valence-electron chi connectivity index (χ4n) is 0. The van der Waals surface area contributed by atoms with E-state index in [0.717, 1.165) is 0 Å². The molecule has 0 unspecified atom stereocenters. The Balaban J connectivity index is -0.00000000500. The van der Waals surface area contributed by atoms with Gasteiger partial charge in [-0.05, 0) is 0 Å². The second kappa shape index (κ2) is 8.33. The Morgan fingerprint density at radius 3 is 1.00 bits per heavy atom. The molecule has 0 rings (SSSR count). The van der Waals surface area contributed by atoms with Crippen LogP contribution in [0.5, 0.6) is 0 Å². The summed E-state index contributed by atoms with van der Waals surface area (Å²) in [6.07, 6.45) is 0. The van der Waals surface area contributed by atoms with Gasteiger partial charge in [-0.25, -0.2) is 0 Å². The van der Waals surface area contributed by atoms with Crippen LogP contribution in [0, 0.1) is 10.8 Å². The SMILES string of the molecule is F.N.N#N. The van der Waals surface area contributed by atoms with Gasteiger partial charge in [0.05, 0.1) is 0 Å². The summed E-state index contributed by atoms with van der Waals surface area (Å²) in [5.41, 5.74) is 0. The van der Waals surface area contributed by atoms with Crippen LogP contribution in [0.25, 0.3) is 0 Å². The predicted octanol–water partition coefficient (Wildman–Crippen LogP) is 0.345. The molecule has 4 heteroatoms. The third-order valence-electron chi connectivity index (χ3n) is 0. The van der Waals surface area contributed by atoms with Crippen molar-refractivity contribution in [2.24, 2.45) is 0 Å². The molecule has 0 fully saturated rings. The van der Waals surface area contributed by atoms with Gasteiger partial charge in [0.25, 0.3) is 0 Å². The van der Waals surface area contributed by atoms with Crippen LogP contribution in [0.4, 0.5) is 4.70 Å². The van der Waals surface area contributed by atoms with Crippen LogP contribution in [0.2, 0.25) is 0 Å². The summed E-state index contributed by atoms with van der Waals surface area (Å²) in [7, 11) is 0. The van der Waals surface area contributed by atoms with Gasteiger partial charge in [0.1, 0.15) is 0 Å². The Morgan fingerprint density at radius 1 is 1.00 bits per heavy atom. The van der Waals surface area contributed by atoms with E-state index in [0.29, 0.717) is 0 Å². The second-order valence-electron chi connectivity index (χ2n) is 0. The fourth-order valence-corrected chi connectivity index (χ4v) is 0. The Morgan fingerprint density at radius 2 is 1.00 bits per heavy atom. The van der Waals surface area contributed by atoms with E-state index in [1.54, 1.807) is 0 Å². The monoisotopic (exact) mass is 65.0 g/mol. The largest absolute Gasteiger partial charge is 0.344 e. The normalized spacial score (nSPS) is 0.500. The zero-order valence-corrected chi connectivity index (χ0v) is 2.01. The highest BCUT2D eigenvalue weighted by Crippen LogP contribution is 0.592. The first kappa shape index (κ1) is 184. The minimum Gasteiger partial charge on any atom is -0.344 e. The van der Waals surface area contributed by atoms with E-state index in [1.165, 1.54) is 0 Å². The highest BCUT2D eigenvalue weighted by atomic mass is 19.0.